The molecule has 0 fully saturated rings. The second-order valence-corrected chi connectivity index (χ2v) is 3.97. The Kier molecular flexibility index (Phi) is 3.82. The maximum atomic E-state index is 13.5. The van der Waals surface area contributed by atoms with Crippen molar-refractivity contribution in [3.63, 3.8) is 0 Å². The van der Waals surface area contributed by atoms with Gasteiger partial charge in [-0.2, -0.15) is 0 Å². The van der Waals surface area contributed by atoms with Crippen molar-refractivity contribution in [1.29, 1.82) is 0 Å². The molecule has 0 aliphatic heterocycles. The summed E-state index contributed by atoms with van der Waals surface area (Å²) in [7, 11) is 0. The van der Waals surface area contributed by atoms with Crippen LogP contribution in [0.15, 0.2) is 10.5 Å². The van der Waals surface area contributed by atoms with Gasteiger partial charge in [0.15, 0.2) is 17.3 Å². The van der Waals surface area contributed by atoms with Crippen molar-refractivity contribution in [1.82, 2.24) is 0 Å². The minimum Gasteiger partial charge on any atom is -0.504 e. The molecule has 0 radical (unpaired) electrons. The normalized spacial score (nSPS) is 10.4. The van der Waals surface area contributed by atoms with Crippen LogP contribution in [0.2, 0.25) is 0 Å². The summed E-state index contributed by atoms with van der Waals surface area (Å²) in [6.07, 6.45) is 0.0669. The molecule has 0 amide bonds. The highest BCUT2D eigenvalue weighted by molar-refractivity contribution is 9.10. The highest BCUT2D eigenvalue weighted by Crippen LogP contribution is 2.32. The number of Topliss-reactive ketones (excluding diaryl/α,β-unsaturated/α-hetero) is 1. The van der Waals surface area contributed by atoms with Crippen LogP contribution in [0.1, 0.15) is 22.3 Å². The average Bonchev–Trinajstić information content (AvgIpc) is 2.20. The molecule has 15 heavy (non-hydrogen) atoms. The van der Waals surface area contributed by atoms with Crippen molar-refractivity contribution in [2.45, 2.75) is 13.3 Å². The molecule has 0 unspecified atom stereocenters. The van der Waals surface area contributed by atoms with Gasteiger partial charge < -0.3 is 10.8 Å². The highest BCUT2D eigenvalue weighted by Gasteiger charge is 2.18. The number of rotatable bonds is 3. The molecule has 0 spiro atoms. The Morgan fingerprint density at radius 2 is 2.27 bits per heavy atom. The molecule has 0 aromatic heterocycles. The molecule has 0 aliphatic rings. The molecule has 1 aromatic carbocycles. The average molecular weight is 276 g/mol. The summed E-state index contributed by atoms with van der Waals surface area (Å²) in [5, 5.41) is 9.38. The van der Waals surface area contributed by atoms with Crippen molar-refractivity contribution >= 4 is 21.7 Å². The second kappa shape index (κ2) is 4.72. The van der Waals surface area contributed by atoms with Crippen molar-refractivity contribution in [3.8, 4) is 5.75 Å². The lowest BCUT2D eigenvalue weighted by atomic mass is 10.0. The lowest BCUT2D eigenvalue weighted by Crippen LogP contribution is -2.10. The van der Waals surface area contributed by atoms with Gasteiger partial charge in [0.05, 0.1) is 10.0 Å². The Bertz CT molecular complexity index is 407. The van der Waals surface area contributed by atoms with Gasteiger partial charge in [-0.25, -0.2) is 4.39 Å². The molecule has 0 heterocycles. The molecular formula is C10H11BrFNO2. The molecule has 0 bridgehead atoms. The Morgan fingerprint density at radius 3 is 2.80 bits per heavy atom. The van der Waals surface area contributed by atoms with Gasteiger partial charge in [-0.1, -0.05) is 0 Å². The fraction of sp³-hybridized carbons (Fsp3) is 0.300. The van der Waals surface area contributed by atoms with E-state index in [2.05, 4.69) is 15.9 Å². The Hall–Kier alpha value is -0.940. The number of benzene rings is 1. The zero-order valence-corrected chi connectivity index (χ0v) is 9.77. The summed E-state index contributed by atoms with van der Waals surface area (Å²) >= 11 is 3.03. The molecule has 82 valence electrons. The molecule has 3 nitrogen and oxygen atoms in total. The van der Waals surface area contributed by atoms with E-state index in [9.17, 15) is 14.3 Å². The number of ketones is 1. The quantitative estimate of drug-likeness (QED) is 0.831. The zero-order chi connectivity index (χ0) is 11.6. The maximum absolute atomic E-state index is 13.5. The van der Waals surface area contributed by atoms with E-state index in [0.29, 0.717) is 5.56 Å². The smallest absolute Gasteiger partial charge is 0.176 e. The summed E-state index contributed by atoms with van der Waals surface area (Å²) < 4.78 is 13.7. The topological polar surface area (TPSA) is 63.3 Å². The molecular weight excluding hydrogens is 265 g/mol. The number of carbonyl (C=O) groups excluding carboxylic acids is 1. The maximum Gasteiger partial charge on any atom is 0.176 e. The van der Waals surface area contributed by atoms with Crippen LogP contribution in [0.5, 0.6) is 5.75 Å². The van der Waals surface area contributed by atoms with Crippen molar-refractivity contribution in [3.05, 3.63) is 27.5 Å². The summed E-state index contributed by atoms with van der Waals surface area (Å²) in [6, 6.07) is 1.40. The van der Waals surface area contributed by atoms with Gasteiger partial charge >= 0.3 is 0 Å². The first-order valence-electron chi connectivity index (χ1n) is 4.39. The SMILES string of the molecule is Cc1cc(C(=O)CCN)c(F)c(O)c1Br. The number of nitrogens with two attached hydrogens (primary N) is 1. The molecule has 3 N–H and O–H groups in total. The minimum atomic E-state index is -0.897. The van der Waals surface area contributed by atoms with Crippen molar-refractivity contribution < 1.29 is 14.3 Å². The molecule has 0 saturated carbocycles. The van der Waals surface area contributed by atoms with Crippen LogP contribution in [0.3, 0.4) is 0 Å². The van der Waals surface area contributed by atoms with E-state index in [-0.39, 0.29) is 23.0 Å². The number of hydrogen-bond acceptors (Lipinski definition) is 3. The first-order valence-corrected chi connectivity index (χ1v) is 5.19. The number of phenolic OH excluding ortho intramolecular Hbond substituents is 1. The van der Waals surface area contributed by atoms with Crippen molar-refractivity contribution in [2.24, 2.45) is 5.73 Å². The van der Waals surface area contributed by atoms with Crippen LogP contribution in [-0.4, -0.2) is 17.4 Å². The fourth-order valence-corrected chi connectivity index (χ4v) is 1.51. The Morgan fingerprint density at radius 1 is 1.67 bits per heavy atom. The first-order chi connectivity index (χ1) is 6.99. The van der Waals surface area contributed by atoms with E-state index in [1.807, 2.05) is 0 Å². The summed E-state index contributed by atoms with van der Waals surface area (Å²) in [4.78, 5) is 11.4. The molecule has 0 atom stereocenters. The van der Waals surface area contributed by atoms with Crippen LogP contribution in [0.25, 0.3) is 0 Å². The monoisotopic (exact) mass is 275 g/mol. The first kappa shape index (κ1) is 12.1. The van der Waals surface area contributed by atoms with Gasteiger partial charge in [0.2, 0.25) is 0 Å². The number of hydrogen-bond donors (Lipinski definition) is 2. The number of aromatic hydroxyl groups is 1. The zero-order valence-electron chi connectivity index (χ0n) is 8.18. The third-order valence-electron chi connectivity index (χ3n) is 2.03. The minimum absolute atomic E-state index is 0.0669. The number of halogens is 2. The highest BCUT2D eigenvalue weighted by atomic mass is 79.9. The van der Waals surface area contributed by atoms with Gasteiger partial charge in [0.25, 0.3) is 0 Å². The van der Waals surface area contributed by atoms with Crippen LogP contribution in [0, 0.1) is 12.7 Å². The van der Waals surface area contributed by atoms with E-state index < -0.39 is 17.3 Å². The van der Waals surface area contributed by atoms with Crippen LogP contribution in [-0.2, 0) is 0 Å². The van der Waals surface area contributed by atoms with Gasteiger partial charge in [0, 0.05) is 6.42 Å². The predicted molar refractivity (Wildman–Crippen MR) is 58.5 cm³/mol. The van der Waals surface area contributed by atoms with Crippen LogP contribution >= 0.6 is 15.9 Å². The van der Waals surface area contributed by atoms with E-state index in [1.54, 1.807) is 6.92 Å². The van der Waals surface area contributed by atoms with E-state index in [0.717, 1.165) is 0 Å². The Labute approximate surface area is 95.2 Å². The second-order valence-electron chi connectivity index (χ2n) is 3.18. The van der Waals surface area contributed by atoms with Gasteiger partial charge in [-0.15, -0.1) is 0 Å². The molecule has 1 rings (SSSR count). The number of carbonyl (C=O) groups is 1. The standard InChI is InChI=1S/C10H11BrFNO2/c1-5-4-6(7(14)2-3-13)9(12)10(15)8(5)11/h4,15H,2-3,13H2,1H3. The van der Waals surface area contributed by atoms with Gasteiger partial charge in [-0.3, -0.25) is 4.79 Å². The van der Waals surface area contributed by atoms with E-state index in [4.69, 9.17) is 5.73 Å². The van der Waals surface area contributed by atoms with Crippen molar-refractivity contribution in [2.75, 3.05) is 6.54 Å². The summed E-state index contributed by atoms with van der Waals surface area (Å²) in [5.74, 6) is -1.83. The Balaban J connectivity index is 3.26. The number of aryl methyl sites for hydroxylation is 1. The third-order valence-corrected chi connectivity index (χ3v) is 3.03. The third kappa shape index (κ3) is 2.35. The van der Waals surface area contributed by atoms with Crippen LogP contribution < -0.4 is 5.73 Å². The lowest BCUT2D eigenvalue weighted by molar-refractivity contribution is 0.0980. The summed E-state index contributed by atoms with van der Waals surface area (Å²) in [5.41, 5.74) is 5.70. The lowest BCUT2D eigenvalue weighted by Gasteiger charge is -2.07. The molecule has 0 saturated heterocycles. The fourth-order valence-electron chi connectivity index (χ4n) is 1.22. The van der Waals surface area contributed by atoms with Gasteiger partial charge in [-0.05, 0) is 41.0 Å². The largest absolute Gasteiger partial charge is 0.504 e. The molecule has 5 heteroatoms. The molecule has 0 aliphatic carbocycles. The van der Waals surface area contributed by atoms with E-state index in [1.165, 1.54) is 6.07 Å². The number of phenols is 1. The molecule has 1 aromatic rings. The summed E-state index contributed by atoms with van der Waals surface area (Å²) in [6.45, 7) is 1.83. The van der Waals surface area contributed by atoms with Crippen LogP contribution in [0.4, 0.5) is 4.39 Å². The van der Waals surface area contributed by atoms with Gasteiger partial charge in [0.1, 0.15) is 0 Å². The van der Waals surface area contributed by atoms with E-state index >= 15 is 0 Å². The predicted octanol–water partition coefficient (Wildman–Crippen LogP) is 2.13.